The second-order valence-corrected chi connectivity index (χ2v) is 4.32. The van der Waals surface area contributed by atoms with Crippen LogP contribution in [0.15, 0.2) is 24.3 Å². The molecule has 2 aromatic rings. The number of benzene rings is 1. The third kappa shape index (κ3) is 3.04. The first kappa shape index (κ1) is 13.4. The van der Waals surface area contributed by atoms with Gasteiger partial charge in [0.2, 0.25) is 0 Å². The fraction of sp³-hybridized carbons (Fsp3) is 0.167. The Bertz CT molecular complexity index is 580. The number of nitrogens with one attached hydrogen (secondary N) is 2. The van der Waals surface area contributed by atoms with Gasteiger partial charge >= 0.3 is 0 Å². The lowest BCUT2D eigenvalue weighted by Gasteiger charge is -2.06. The van der Waals surface area contributed by atoms with Crippen LogP contribution in [-0.4, -0.2) is 16.1 Å². The Labute approximate surface area is 114 Å². The number of aromatic nitrogens is 2. The summed E-state index contributed by atoms with van der Waals surface area (Å²) < 4.78 is 5.53. The maximum Gasteiger partial charge on any atom is 0.269 e. The molecule has 0 fully saturated rings. The number of hydrazine groups is 1. The van der Waals surface area contributed by atoms with E-state index in [9.17, 15) is 4.79 Å². The number of halogens is 1. The molecule has 4 N–H and O–H groups in total. The lowest BCUT2D eigenvalue weighted by Crippen LogP contribution is -2.31. The molecule has 1 aromatic heterocycles. The molecular formula is C12H13ClN4O2. The van der Waals surface area contributed by atoms with Crippen molar-refractivity contribution in [2.24, 2.45) is 5.84 Å². The van der Waals surface area contributed by atoms with Gasteiger partial charge in [0, 0.05) is 10.7 Å². The molecule has 2 rings (SSSR count). The number of carbonyl (C=O) groups excluding carboxylic acids is 1. The van der Waals surface area contributed by atoms with Crippen LogP contribution < -0.4 is 16.0 Å². The van der Waals surface area contributed by atoms with Crippen LogP contribution in [0.25, 0.3) is 0 Å². The maximum atomic E-state index is 11.6. The summed E-state index contributed by atoms with van der Waals surface area (Å²) in [5, 5.41) is 7.39. The average molecular weight is 281 g/mol. The highest BCUT2D eigenvalue weighted by Crippen LogP contribution is 2.18. The van der Waals surface area contributed by atoms with Crippen LogP contribution in [-0.2, 0) is 6.61 Å². The first-order valence-corrected chi connectivity index (χ1v) is 5.92. The zero-order valence-corrected chi connectivity index (χ0v) is 11.0. The zero-order valence-electron chi connectivity index (χ0n) is 10.2. The van der Waals surface area contributed by atoms with Crippen molar-refractivity contribution in [1.29, 1.82) is 0 Å². The van der Waals surface area contributed by atoms with Crippen LogP contribution >= 0.6 is 11.6 Å². The summed E-state index contributed by atoms with van der Waals surface area (Å²) in [6.07, 6.45) is 0. The Morgan fingerprint density at radius 1 is 1.47 bits per heavy atom. The molecular weight excluding hydrogens is 268 g/mol. The summed E-state index contributed by atoms with van der Waals surface area (Å²) in [6, 6.07) is 6.93. The Balaban J connectivity index is 2.11. The van der Waals surface area contributed by atoms with Crippen molar-refractivity contribution in [3.63, 3.8) is 0 Å². The molecule has 0 saturated heterocycles. The molecule has 0 atom stereocenters. The van der Waals surface area contributed by atoms with Crippen LogP contribution in [0.5, 0.6) is 5.75 Å². The predicted molar refractivity (Wildman–Crippen MR) is 70.8 cm³/mol. The van der Waals surface area contributed by atoms with Crippen LogP contribution in [0, 0.1) is 6.92 Å². The molecule has 0 aliphatic heterocycles. The van der Waals surface area contributed by atoms with Crippen LogP contribution in [0.3, 0.4) is 0 Å². The minimum atomic E-state index is -0.402. The van der Waals surface area contributed by atoms with Crippen molar-refractivity contribution in [2.75, 3.05) is 0 Å². The highest BCUT2D eigenvalue weighted by Gasteiger charge is 2.17. The van der Waals surface area contributed by atoms with Crippen LogP contribution in [0.2, 0.25) is 5.02 Å². The highest BCUT2D eigenvalue weighted by molar-refractivity contribution is 6.30. The van der Waals surface area contributed by atoms with E-state index in [1.165, 1.54) is 0 Å². The molecule has 0 spiro atoms. The number of aromatic amines is 1. The largest absolute Gasteiger partial charge is 0.487 e. The summed E-state index contributed by atoms with van der Waals surface area (Å²) in [4.78, 5) is 11.6. The van der Waals surface area contributed by atoms with E-state index < -0.39 is 5.91 Å². The number of nitrogen functional groups attached to an aromatic ring is 1. The van der Waals surface area contributed by atoms with Gasteiger partial charge in [0.25, 0.3) is 5.91 Å². The van der Waals surface area contributed by atoms with Gasteiger partial charge in [-0.2, -0.15) is 5.10 Å². The lowest BCUT2D eigenvalue weighted by atomic mass is 10.2. The molecule has 0 aliphatic carbocycles. The molecule has 0 radical (unpaired) electrons. The minimum absolute atomic E-state index is 0.161. The summed E-state index contributed by atoms with van der Waals surface area (Å²) in [6.45, 7) is 1.90. The van der Waals surface area contributed by atoms with Gasteiger partial charge in [-0.05, 0) is 31.2 Å². The topological polar surface area (TPSA) is 93.0 Å². The van der Waals surface area contributed by atoms with Crippen molar-refractivity contribution < 1.29 is 9.53 Å². The number of amides is 1. The number of aryl methyl sites for hydroxylation is 1. The molecule has 0 aliphatic rings. The number of hydrogen-bond acceptors (Lipinski definition) is 4. The van der Waals surface area contributed by atoms with Gasteiger partial charge in [-0.1, -0.05) is 11.6 Å². The first-order valence-electron chi connectivity index (χ1n) is 5.55. The lowest BCUT2D eigenvalue weighted by molar-refractivity contribution is 0.0950. The molecule has 0 saturated carbocycles. The predicted octanol–water partition coefficient (Wildman–Crippen LogP) is 1.55. The van der Waals surface area contributed by atoms with Crippen LogP contribution in [0.4, 0.5) is 0 Å². The average Bonchev–Trinajstić information content (AvgIpc) is 2.78. The van der Waals surface area contributed by atoms with Gasteiger partial charge in [-0.3, -0.25) is 15.3 Å². The van der Waals surface area contributed by atoms with E-state index in [4.69, 9.17) is 22.2 Å². The van der Waals surface area contributed by atoms with E-state index in [1.54, 1.807) is 31.2 Å². The Kier molecular flexibility index (Phi) is 4.03. The first-order chi connectivity index (χ1) is 9.11. The van der Waals surface area contributed by atoms with Gasteiger partial charge in [-0.15, -0.1) is 0 Å². The fourth-order valence-electron chi connectivity index (χ4n) is 1.64. The fourth-order valence-corrected chi connectivity index (χ4v) is 1.77. The number of rotatable bonds is 4. The summed E-state index contributed by atoms with van der Waals surface area (Å²) in [5.41, 5.74) is 3.61. The monoisotopic (exact) mass is 280 g/mol. The quantitative estimate of drug-likeness (QED) is 0.450. The Hall–Kier alpha value is -2.05. The molecule has 0 unspecified atom stereocenters. The number of nitrogens with two attached hydrogens (primary N) is 1. The van der Waals surface area contributed by atoms with Gasteiger partial charge in [-0.25, -0.2) is 5.84 Å². The molecule has 19 heavy (non-hydrogen) atoms. The smallest absolute Gasteiger partial charge is 0.269 e. The molecule has 0 bridgehead atoms. The number of hydrogen-bond donors (Lipinski definition) is 3. The van der Waals surface area contributed by atoms with Gasteiger partial charge in [0.05, 0.1) is 5.56 Å². The molecule has 1 amide bonds. The summed E-state index contributed by atoms with van der Waals surface area (Å²) >= 11 is 5.78. The van der Waals surface area contributed by atoms with Gasteiger partial charge < -0.3 is 4.74 Å². The second-order valence-electron chi connectivity index (χ2n) is 3.89. The minimum Gasteiger partial charge on any atom is -0.487 e. The molecule has 1 heterocycles. The standard InChI is InChI=1S/C12H13ClN4O2/c1-7-11(12(18)15-14)10(17-16-7)6-19-9-4-2-8(13)3-5-9/h2-5H,6,14H2,1H3,(H,15,18)(H,16,17). The van der Waals surface area contributed by atoms with E-state index in [1.807, 2.05) is 0 Å². The Morgan fingerprint density at radius 2 is 2.16 bits per heavy atom. The maximum absolute atomic E-state index is 11.6. The van der Waals surface area contributed by atoms with E-state index in [0.29, 0.717) is 27.7 Å². The number of nitrogens with zero attached hydrogens (tertiary/aromatic N) is 1. The van der Waals surface area contributed by atoms with E-state index in [2.05, 4.69) is 15.6 Å². The summed E-state index contributed by atoms with van der Waals surface area (Å²) in [5.74, 6) is 5.37. The van der Waals surface area contributed by atoms with Crippen molar-refractivity contribution in [2.45, 2.75) is 13.5 Å². The third-order valence-corrected chi connectivity index (χ3v) is 2.82. The van der Waals surface area contributed by atoms with Crippen molar-refractivity contribution in [3.05, 3.63) is 46.2 Å². The molecule has 1 aromatic carbocycles. The van der Waals surface area contributed by atoms with Crippen molar-refractivity contribution in [3.8, 4) is 5.75 Å². The number of carbonyl (C=O) groups is 1. The van der Waals surface area contributed by atoms with E-state index in [-0.39, 0.29) is 6.61 Å². The number of H-pyrrole nitrogens is 1. The van der Waals surface area contributed by atoms with E-state index in [0.717, 1.165) is 0 Å². The van der Waals surface area contributed by atoms with Gasteiger partial charge in [0.15, 0.2) is 0 Å². The highest BCUT2D eigenvalue weighted by atomic mass is 35.5. The normalized spacial score (nSPS) is 10.3. The van der Waals surface area contributed by atoms with Gasteiger partial charge in [0.1, 0.15) is 18.1 Å². The SMILES string of the molecule is Cc1[nH]nc(COc2ccc(Cl)cc2)c1C(=O)NN. The zero-order chi connectivity index (χ0) is 13.8. The molecule has 6 nitrogen and oxygen atoms in total. The second kappa shape index (κ2) is 5.73. The van der Waals surface area contributed by atoms with Crippen molar-refractivity contribution >= 4 is 17.5 Å². The summed E-state index contributed by atoms with van der Waals surface area (Å²) in [7, 11) is 0. The van der Waals surface area contributed by atoms with Crippen LogP contribution in [0.1, 0.15) is 21.7 Å². The molecule has 100 valence electrons. The number of ether oxygens (including phenoxy) is 1. The Morgan fingerprint density at radius 3 is 2.79 bits per heavy atom. The third-order valence-electron chi connectivity index (χ3n) is 2.57. The van der Waals surface area contributed by atoms with Crippen molar-refractivity contribution in [1.82, 2.24) is 15.6 Å². The van der Waals surface area contributed by atoms with E-state index >= 15 is 0 Å². The molecule has 7 heteroatoms.